The number of allylic oxidation sites excluding steroid dienone is 2. The Hall–Kier alpha value is -0.590. The standard InChI is InChI=1S/C10H16O/c1-7-4-9(3)10(6-11)5-8(7)2/h6,9-10H,4-5H2,1-3H3/t9-,10+/m0/s1. The molecule has 0 fully saturated rings. The van der Waals surface area contributed by atoms with Gasteiger partial charge in [0.05, 0.1) is 0 Å². The molecule has 1 heteroatoms. The maximum absolute atomic E-state index is 10.6. The van der Waals surface area contributed by atoms with Gasteiger partial charge in [-0.05, 0) is 32.6 Å². The maximum Gasteiger partial charge on any atom is 0.123 e. The summed E-state index contributed by atoms with van der Waals surface area (Å²) in [6.07, 6.45) is 3.20. The van der Waals surface area contributed by atoms with E-state index in [1.165, 1.54) is 11.1 Å². The van der Waals surface area contributed by atoms with E-state index in [0.29, 0.717) is 5.92 Å². The van der Waals surface area contributed by atoms with Crippen LogP contribution in [0.5, 0.6) is 0 Å². The van der Waals surface area contributed by atoms with Gasteiger partial charge in [0.1, 0.15) is 6.29 Å². The summed E-state index contributed by atoms with van der Waals surface area (Å²) in [4.78, 5) is 10.6. The molecule has 0 aliphatic heterocycles. The zero-order chi connectivity index (χ0) is 8.43. The largest absolute Gasteiger partial charge is 0.303 e. The highest BCUT2D eigenvalue weighted by Crippen LogP contribution is 2.32. The quantitative estimate of drug-likeness (QED) is 0.417. The van der Waals surface area contributed by atoms with E-state index < -0.39 is 0 Å². The number of aldehydes is 1. The van der Waals surface area contributed by atoms with Crippen molar-refractivity contribution in [2.24, 2.45) is 11.8 Å². The molecule has 1 nitrogen and oxygen atoms in total. The molecule has 1 aliphatic carbocycles. The van der Waals surface area contributed by atoms with E-state index in [2.05, 4.69) is 20.8 Å². The monoisotopic (exact) mass is 152 g/mol. The second-order valence-electron chi connectivity index (χ2n) is 3.75. The number of hydrogen-bond acceptors (Lipinski definition) is 1. The van der Waals surface area contributed by atoms with Crippen LogP contribution >= 0.6 is 0 Å². The van der Waals surface area contributed by atoms with Gasteiger partial charge in [0, 0.05) is 5.92 Å². The molecule has 0 bridgehead atoms. The van der Waals surface area contributed by atoms with E-state index in [-0.39, 0.29) is 5.92 Å². The molecule has 2 atom stereocenters. The lowest BCUT2D eigenvalue weighted by Crippen LogP contribution is -2.18. The first-order valence-electron chi connectivity index (χ1n) is 4.25. The Morgan fingerprint density at radius 2 is 1.82 bits per heavy atom. The molecule has 0 amide bonds. The third-order valence-electron chi connectivity index (χ3n) is 2.80. The van der Waals surface area contributed by atoms with Gasteiger partial charge in [-0.25, -0.2) is 0 Å². The van der Waals surface area contributed by atoms with E-state index in [1.54, 1.807) is 0 Å². The summed E-state index contributed by atoms with van der Waals surface area (Å²) in [6.45, 7) is 6.47. The van der Waals surface area contributed by atoms with Crippen LogP contribution < -0.4 is 0 Å². The number of carbonyl (C=O) groups excluding carboxylic acids is 1. The van der Waals surface area contributed by atoms with Crippen LogP contribution in [0, 0.1) is 11.8 Å². The molecule has 0 aromatic carbocycles. The maximum atomic E-state index is 10.6. The van der Waals surface area contributed by atoms with Crippen molar-refractivity contribution >= 4 is 6.29 Å². The summed E-state index contributed by atoms with van der Waals surface area (Å²) in [6, 6.07) is 0. The molecule has 0 aromatic rings. The predicted molar refractivity (Wildman–Crippen MR) is 46.3 cm³/mol. The fraction of sp³-hybridized carbons (Fsp3) is 0.700. The molecule has 0 N–H and O–H groups in total. The van der Waals surface area contributed by atoms with Crippen molar-refractivity contribution in [1.82, 2.24) is 0 Å². The zero-order valence-electron chi connectivity index (χ0n) is 7.55. The van der Waals surface area contributed by atoms with Gasteiger partial charge in [0.2, 0.25) is 0 Å². The lowest BCUT2D eigenvalue weighted by Gasteiger charge is -2.26. The highest BCUT2D eigenvalue weighted by Gasteiger charge is 2.22. The Morgan fingerprint density at radius 3 is 2.36 bits per heavy atom. The molecule has 0 saturated carbocycles. The Kier molecular flexibility index (Phi) is 2.48. The van der Waals surface area contributed by atoms with Gasteiger partial charge in [0.25, 0.3) is 0 Å². The van der Waals surface area contributed by atoms with Gasteiger partial charge in [-0.15, -0.1) is 0 Å². The summed E-state index contributed by atoms with van der Waals surface area (Å²) in [7, 11) is 0. The molecule has 0 aromatic heterocycles. The first-order chi connectivity index (χ1) is 5.15. The average molecular weight is 152 g/mol. The van der Waals surface area contributed by atoms with Gasteiger partial charge in [0.15, 0.2) is 0 Å². The lowest BCUT2D eigenvalue weighted by atomic mass is 9.78. The van der Waals surface area contributed by atoms with Crippen LogP contribution in [0.3, 0.4) is 0 Å². The number of hydrogen-bond donors (Lipinski definition) is 0. The average Bonchev–Trinajstić information content (AvgIpc) is 1.97. The van der Waals surface area contributed by atoms with Crippen molar-refractivity contribution in [2.45, 2.75) is 33.6 Å². The summed E-state index contributed by atoms with van der Waals surface area (Å²) in [5.74, 6) is 0.829. The van der Waals surface area contributed by atoms with Gasteiger partial charge in [-0.1, -0.05) is 18.1 Å². The molecule has 11 heavy (non-hydrogen) atoms. The van der Waals surface area contributed by atoms with Crippen LogP contribution in [0.1, 0.15) is 33.6 Å². The van der Waals surface area contributed by atoms with Gasteiger partial charge >= 0.3 is 0 Å². The molecular formula is C10H16O. The highest BCUT2D eigenvalue weighted by atomic mass is 16.1. The van der Waals surface area contributed by atoms with Crippen molar-refractivity contribution in [3.05, 3.63) is 11.1 Å². The first-order valence-corrected chi connectivity index (χ1v) is 4.25. The van der Waals surface area contributed by atoms with Crippen LogP contribution in [0.4, 0.5) is 0 Å². The van der Waals surface area contributed by atoms with Crippen LogP contribution in [0.25, 0.3) is 0 Å². The van der Waals surface area contributed by atoms with E-state index in [1.807, 2.05) is 0 Å². The summed E-state index contributed by atoms with van der Waals surface area (Å²) in [5.41, 5.74) is 2.90. The highest BCUT2D eigenvalue weighted by molar-refractivity contribution is 5.55. The van der Waals surface area contributed by atoms with Crippen LogP contribution in [0.15, 0.2) is 11.1 Å². The predicted octanol–water partition coefficient (Wildman–Crippen LogP) is 2.57. The molecule has 0 heterocycles. The first kappa shape index (κ1) is 8.51. The topological polar surface area (TPSA) is 17.1 Å². The Bertz CT molecular complexity index is 191. The molecule has 0 spiro atoms. The molecule has 1 rings (SSSR count). The van der Waals surface area contributed by atoms with Gasteiger partial charge in [-0.3, -0.25) is 0 Å². The second kappa shape index (κ2) is 3.21. The smallest absolute Gasteiger partial charge is 0.123 e. The molecule has 0 saturated heterocycles. The van der Waals surface area contributed by atoms with Crippen molar-refractivity contribution in [2.75, 3.05) is 0 Å². The Morgan fingerprint density at radius 1 is 1.27 bits per heavy atom. The van der Waals surface area contributed by atoms with Crippen molar-refractivity contribution < 1.29 is 4.79 Å². The third-order valence-corrected chi connectivity index (χ3v) is 2.80. The van der Waals surface area contributed by atoms with Crippen LogP contribution in [-0.2, 0) is 4.79 Å². The molecule has 0 radical (unpaired) electrons. The normalized spacial score (nSPS) is 32.3. The van der Waals surface area contributed by atoms with Gasteiger partial charge < -0.3 is 4.79 Å². The summed E-state index contributed by atoms with van der Waals surface area (Å²) < 4.78 is 0. The van der Waals surface area contributed by atoms with Crippen molar-refractivity contribution in [1.29, 1.82) is 0 Å². The second-order valence-corrected chi connectivity index (χ2v) is 3.75. The fourth-order valence-corrected chi connectivity index (χ4v) is 1.72. The fourth-order valence-electron chi connectivity index (χ4n) is 1.72. The Labute approximate surface area is 68.5 Å². The summed E-state index contributed by atoms with van der Waals surface area (Å²) in [5, 5.41) is 0. The minimum Gasteiger partial charge on any atom is -0.303 e. The Balaban J connectivity index is 2.74. The minimum absolute atomic E-state index is 0.277. The lowest BCUT2D eigenvalue weighted by molar-refractivity contribution is -0.112. The molecule has 62 valence electrons. The minimum atomic E-state index is 0.277. The van der Waals surface area contributed by atoms with E-state index in [0.717, 1.165) is 19.1 Å². The van der Waals surface area contributed by atoms with Crippen LogP contribution in [0.2, 0.25) is 0 Å². The van der Waals surface area contributed by atoms with Crippen LogP contribution in [-0.4, -0.2) is 6.29 Å². The summed E-state index contributed by atoms with van der Waals surface area (Å²) >= 11 is 0. The van der Waals surface area contributed by atoms with E-state index in [4.69, 9.17) is 0 Å². The van der Waals surface area contributed by atoms with Crippen molar-refractivity contribution in [3.8, 4) is 0 Å². The number of carbonyl (C=O) groups is 1. The molecule has 0 unspecified atom stereocenters. The van der Waals surface area contributed by atoms with Gasteiger partial charge in [-0.2, -0.15) is 0 Å². The SMILES string of the molecule is CC1=C(C)C[C@H](C=O)[C@@H](C)C1. The third kappa shape index (κ3) is 1.70. The molecule has 1 aliphatic rings. The molecular weight excluding hydrogens is 136 g/mol. The number of rotatable bonds is 1. The van der Waals surface area contributed by atoms with Crippen molar-refractivity contribution in [3.63, 3.8) is 0 Å². The zero-order valence-corrected chi connectivity index (χ0v) is 7.55. The van der Waals surface area contributed by atoms with E-state index in [9.17, 15) is 4.79 Å². The van der Waals surface area contributed by atoms with E-state index >= 15 is 0 Å².